The van der Waals surface area contributed by atoms with E-state index in [-0.39, 0.29) is 22.9 Å². The highest BCUT2D eigenvalue weighted by molar-refractivity contribution is 7.89. The third-order valence-electron chi connectivity index (χ3n) is 3.00. The Balaban J connectivity index is 2.90. The highest BCUT2D eigenvalue weighted by atomic mass is 32.2. The zero-order valence-electron chi connectivity index (χ0n) is 13.9. The number of sulfonamides is 1. The van der Waals surface area contributed by atoms with E-state index in [9.17, 15) is 13.2 Å². The van der Waals surface area contributed by atoms with Gasteiger partial charge in [-0.1, -0.05) is 19.9 Å². The van der Waals surface area contributed by atoms with Crippen LogP contribution in [-0.2, 0) is 10.0 Å². The van der Waals surface area contributed by atoms with E-state index < -0.39 is 10.0 Å². The second kappa shape index (κ2) is 7.74. The van der Waals surface area contributed by atoms with Crippen molar-refractivity contribution in [3.05, 3.63) is 29.8 Å². The fourth-order valence-electron chi connectivity index (χ4n) is 2.26. The molecule has 0 aliphatic rings. The molecule has 0 radical (unpaired) electrons. The predicted molar refractivity (Wildman–Crippen MR) is 88.3 cm³/mol. The Morgan fingerprint density at radius 3 is 2.32 bits per heavy atom. The molecule has 0 aromatic heterocycles. The van der Waals surface area contributed by atoms with Gasteiger partial charge in [0.25, 0.3) is 5.91 Å². The summed E-state index contributed by atoms with van der Waals surface area (Å²) in [6, 6.07) is 5.93. The summed E-state index contributed by atoms with van der Waals surface area (Å²) in [4.78, 5) is 12.3. The van der Waals surface area contributed by atoms with Crippen molar-refractivity contribution in [1.82, 2.24) is 10.0 Å². The molecule has 0 heterocycles. The van der Waals surface area contributed by atoms with Gasteiger partial charge >= 0.3 is 0 Å². The van der Waals surface area contributed by atoms with Crippen LogP contribution >= 0.6 is 0 Å². The number of amides is 1. The molecule has 6 heteroatoms. The largest absolute Gasteiger partial charge is 0.350 e. The molecule has 0 spiro atoms. The summed E-state index contributed by atoms with van der Waals surface area (Å²) >= 11 is 0. The van der Waals surface area contributed by atoms with E-state index in [1.54, 1.807) is 26.0 Å². The first-order valence-corrected chi connectivity index (χ1v) is 9.03. The van der Waals surface area contributed by atoms with Gasteiger partial charge in [-0.2, -0.15) is 0 Å². The van der Waals surface area contributed by atoms with Crippen LogP contribution in [0, 0.1) is 5.92 Å². The molecule has 124 valence electrons. The molecule has 1 aromatic carbocycles. The van der Waals surface area contributed by atoms with Crippen molar-refractivity contribution in [2.75, 3.05) is 0 Å². The second-order valence-electron chi connectivity index (χ2n) is 6.31. The lowest BCUT2D eigenvalue weighted by atomic mass is 10.0. The monoisotopic (exact) mass is 326 g/mol. The van der Waals surface area contributed by atoms with Crippen LogP contribution in [-0.4, -0.2) is 26.4 Å². The minimum Gasteiger partial charge on any atom is -0.350 e. The number of carbonyl (C=O) groups is 1. The highest BCUT2D eigenvalue weighted by Crippen LogP contribution is 2.13. The second-order valence-corrected chi connectivity index (χ2v) is 8.02. The van der Waals surface area contributed by atoms with Crippen molar-refractivity contribution in [3.8, 4) is 0 Å². The normalized spacial score (nSPS) is 13.4. The Morgan fingerprint density at radius 2 is 1.77 bits per heavy atom. The molecule has 1 atom stereocenters. The van der Waals surface area contributed by atoms with Crippen LogP contribution in [0.3, 0.4) is 0 Å². The zero-order chi connectivity index (χ0) is 16.9. The van der Waals surface area contributed by atoms with Gasteiger partial charge in [-0.15, -0.1) is 0 Å². The maximum absolute atomic E-state index is 12.2. The van der Waals surface area contributed by atoms with E-state index in [1.807, 2.05) is 6.92 Å². The summed E-state index contributed by atoms with van der Waals surface area (Å²) in [5.41, 5.74) is 0.349. The van der Waals surface area contributed by atoms with Gasteiger partial charge in [-0.3, -0.25) is 4.79 Å². The first-order valence-electron chi connectivity index (χ1n) is 7.55. The Bertz CT molecular complexity index is 610. The minimum atomic E-state index is -3.59. The van der Waals surface area contributed by atoms with Crippen LogP contribution in [0.25, 0.3) is 0 Å². The average molecular weight is 326 g/mol. The molecule has 0 saturated heterocycles. The third kappa shape index (κ3) is 5.77. The fraction of sp³-hybridized carbons (Fsp3) is 0.562. The maximum Gasteiger partial charge on any atom is 0.251 e. The molecule has 0 fully saturated rings. The lowest BCUT2D eigenvalue weighted by Crippen LogP contribution is -2.34. The molecule has 0 bridgehead atoms. The van der Waals surface area contributed by atoms with Gasteiger partial charge in [0.15, 0.2) is 0 Å². The molecule has 22 heavy (non-hydrogen) atoms. The van der Waals surface area contributed by atoms with Crippen LogP contribution in [0.15, 0.2) is 29.2 Å². The van der Waals surface area contributed by atoms with E-state index in [0.29, 0.717) is 11.5 Å². The quantitative estimate of drug-likeness (QED) is 0.808. The van der Waals surface area contributed by atoms with Crippen molar-refractivity contribution in [2.45, 2.75) is 58.0 Å². The average Bonchev–Trinajstić information content (AvgIpc) is 2.36. The lowest BCUT2D eigenvalue weighted by molar-refractivity contribution is 0.0936. The van der Waals surface area contributed by atoms with Crippen molar-refractivity contribution in [2.24, 2.45) is 5.92 Å². The summed E-state index contributed by atoms with van der Waals surface area (Å²) in [7, 11) is -3.59. The molecule has 1 aromatic rings. The topological polar surface area (TPSA) is 75.3 Å². The summed E-state index contributed by atoms with van der Waals surface area (Å²) < 4.78 is 26.8. The summed E-state index contributed by atoms with van der Waals surface area (Å²) in [6.07, 6.45) is 0.874. The number of rotatable bonds is 7. The van der Waals surface area contributed by atoms with E-state index in [4.69, 9.17) is 0 Å². The molecule has 0 aliphatic carbocycles. The SMILES string of the molecule is CC(C)CC(C)NC(=O)c1cccc(S(=O)(=O)NC(C)C)c1. The Hall–Kier alpha value is -1.40. The molecule has 1 amide bonds. The molecule has 0 saturated carbocycles. The molecule has 1 rings (SSSR count). The van der Waals surface area contributed by atoms with Crippen LogP contribution in [0.1, 0.15) is 51.4 Å². The van der Waals surface area contributed by atoms with E-state index in [2.05, 4.69) is 23.9 Å². The molecular weight excluding hydrogens is 300 g/mol. The van der Waals surface area contributed by atoms with E-state index >= 15 is 0 Å². The predicted octanol–water partition coefficient (Wildman–Crippen LogP) is 2.54. The number of benzene rings is 1. The number of hydrogen-bond donors (Lipinski definition) is 2. The summed E-state index contributed by atoms with van der Waals surface area (Å²) in [5.74, 6) is 0.229. The molecular formula is C16H26N2O3S. The van der Waals surface area contributed by atoms with Crippen LogP contribution in [0.2, 0.25) is 0 Å². The first-order chi connectivity index (χ1) is 10.1. The highest BCUT2D eigenvalue weighted by Gasteiger charge is 2.18. The van der Waals surface area contributed by atoms with Gasteiger partial charge in [0.05, 0.1) is 4.90 Å². The third-order valence-corrected chi connectivity index (χ3v) is 4.66. The first kappa shape index (κ1) is 18.6. The maximum atomic E-state index is 12.2. The van der Waals surface area contributed by atoms with Gasteiger partial charge in [0, 0.05) is 17.6 Å². The van der Waals surface area contributed by atoms with Gasteiger partial charge < -0.3 is 5.32 Å². The molecule has 5 nitrogen and oxygen atoms in total. The minimum absolute atomic E-state index is 0.0431. The van der Waals surface area contributed by atoms with E-state index in [0.717, 1.165) is 6.42 Å². The smallest absolute Gasteiger partial charge is 0.251 e. The molecule has 1 unspecified atom stereocenters. The Kier molecular flexibility index (Phi) is 6.56. The van der Waals surface area contributed by atoms with Gasteiger partial charge in [-0.05, 0) is 51.3 Å². The van der Waals surface area contributed by atoms with Crippen LogP contribution in [0.5, 0.6) is 0 Å². The molecule has 0 aliphatic heterocycles. The van der Waals surface area contributed by atoms with Crippen molar-refractivity contribution in [3.63, 3.8) is 0 Å². The Labute approximate surface area is 133 Å². The summed E-state index contributed by atoms with van der Waals surface area (Å²) in [6.45, 7) is 9.63. The Morgan fingerprint density at radius 1 is 1.14 bits per heavy atom. The molecule has 2 N–H and O–H groups in total. The summed E-state index contributed by atoms with van der Waals surface area (Å²) in [5, 5.41) is 2.89. The number of carbonyl (C=O) groups excluding carboxylic acids is 1. The van der Waals surface area contributed by atoms with Crippen LogP contribution < -0.4 is 10.0 Å². The fourth-order valence-corrected chi connectivity index (χ4v) is 3.55. The standard InChI is InChI=1S/C16H26N2O3S/c1-11(2)9-13(5)17-16(19)14-7-6-8-15(10-14)22(20,21)18-12(3)4/h6-8,10-13,18H,9H2,1-5H3,(H,17,19). The number of nitrogens with one attached hydrogen (secondary N) is 2. The van der Waals surface area contributed by atoms with Gasteiger partial charge in [-0.25, -0.2) is 13.1 Å². The van der Waals surface area contributed by atoms with Crippen molar-refractivity contribution in [1.29, 1.82) is 0 Å². The lowest BCUT2D eigenvalue weighted by Gasteiger charge is -2.16. The van der Waals surface area contributed by atoms with Gasteiger partial charge in [0.1, 0.15) is 0 Å². The number of hydrogen-bond acceptors (Lipinski definition) is 3. The van der Waals surface area contributed by atoms with E-state index in [1.165, 1.54) is 12.1 Å². The van der Waals surface area contributed by atoms with Crippen molar-refractivity contribution < 1.29 is 13.2 Å². The van der Waals surface area contributed by atoms with Crippen molar-refractivity contribution >= 4 is 15.9 Å². The van der Waals surface area contributed by atoms with Gasteiger partial charge in [0.2, 0.25) is 10.0 Å². The zero-order valence-corrected chi connectivity index (χ0v) is 14.7. The van der Waals surface area contributed by atoms with Crippen LogP contribution in [0.4, 0.5) is 0 Å².